The Kier molecular flexibility index (Phi) is 3.61. The summed E-state index contributed by atoms with van der Waals surface area (Å²) < 4.78 is 2.16. The fourth-order valence-corrected chi connectivity index (χ4v) is 2.26. The Hall–Kier alpha value is -2.39. The molecule has 0 spiro atoms. The lowest BCUT2D eigenvalue weighted by molar-refractivity contribution is 0.806. The monoisotopic (exact) mass is 263 g/mol. The highest BCUT2D eigenvalue weighted by Crippen LogP contribution is 2.18. The van der Waals surface area contributed by atoms with Crippen molar-refractivity contribution < 1.29 is 0 Å². The fourth-order valence-electron chi connectivity index (χ4n) is 2.26. The Bertz CT molecular complexity index is 669. The molecular formula is C17H17N3. The van der Waals surface area contributed by atoms with E-state index >= 15 is 0 Å². The van der Waals surface area contributed by atoms with Crippen LogP contribution in [0.25, 0.3) is 11.4 Å². The summed E-state index contributed by atoms with van der Waals surface area (Å²) in [6.07, 6.45) is 3.86. The van der Waals surface area contributed by atoms with E-state index in [4.69, 9.17) is 5.73 Å². The Morgan fingerprint density at radius 1 is 0.900 bits per heavy atom. The average molecular weight is 263 g/mol. The Morgan fingerprint density at radius 2 is 1.60 bits per heavy atom. The van der Waals surface area contributed by atoms with Crippen LogP contribution in [0, 0.1) is 0 Å². The van der Waals surface area contributed by atoms with E-state index in [0.29, 0.717) is 6.54 Å². The van der Waals surface area contributed by atoms with E-state index in [1.165, 1.54) is 5.56 Å². The lowest BCUT2D eigenvalue weighted by Crippen LogP contribution is -2.02. The minimum Gasteiger partial charge on any atom is -0.327 e. The molecule has 0 atom stereocenters. The minimum atomic E-state index is 0.584. The molecular weight excluding hydrogens is 246 g/mol. The molecule has 0 saturated carbocycles. The maximum absolute atomic E-state index is 5.62. The van der Waals surface area contributed by atoms with Gasteiger partial charge in [0.15, 0.2) is 0 Å². The van der Waals surface area contributed by atoms with E-state index in [1.54, 1.807) is 0 Å². The number of nitrogens with two attached hydrogens (primary N) is 1. The van der Waals surface area contributed by atoms with Gasteiger partial charge in [-0.1, -0.05) is 54.6 Å². The zero-order valence-electron chi connectivity index (χ0n) is 11.2. The van der Waals surface area contributed by atoms with Gasteiger partial charge in [-0.2, -0.15) is 0 Å². The lowest BCUT2D eigenvalue weighted by Gasteiger charge is -2.08. The molecule has 0 bridgehead atoms. The maximum atomic E-state index is 5.62. The van der Waals surface area contributed by atoms with Crippen molar-refractivity contribution >= 4 is 0 Å². The SMILES string of the molecule is NCc1ccc(Cn2ccnc2-c2ccccc2)cc1. The van der Waals surface area contributed by atoms with Gasteiger partial charge < -0.3 is 10.3 Å². The number of nitrogens with zero attached hydrogens (tertiary/aromatic N) is 2. The number of aromatic nitrogens is 2. The van der Waals surface area contributed by atoms with E-state index in [9.17, 15) is 0 Å². The second kappa shape index (κ2) is 5.72. The minimum absolute atomic E-state index is 0.584. The number of imidazole rings is 1. The van der Waals surface area contributed by atoms with Crippen molar-refractivity contribution in [3.63, 3.8) is 0 Å². The van der Waals surface area contributed by atoms with Crippen molar-refractivity contribution in [2.24, 2.45) is 5.73 Å². The number of benzene rings is 2. The van der Waals surface area contributed by atoms with Crippen molar-refractivity contribution in [1.29, 1.82) is 0 Å². The van der Waals surface area contributed by atoms with E-state index in [-0.39, 0.29) is 0 Å². The van der Waals surface area contributed by atoms with E-state index in [0.717, 1.165) is 23.5 Å². The van der Waals surface area contributed by atoms with Gasteiger partial charge in [-0.05, 0) is 11.1 Å². The molecule has 1 aromatic heterocycles. The van der Waals surface area contributed by atoms with Crippen molar-refractivity contribution in [2.75, 3.05) is 0 Å². The van der Waals surface area contributed by atoms with Crippen LogP contribution in [0.5, 0.6) is 0 Å². The molecule has 0 amide bonds. The van der Waals surface area contributed by atoms with Crippen LogP contribution in [0.3, 0.4) is 0 Å². The van der Waals surface area contributed by atoms with Crippen molar-refractivity contribution in [3.05, 3.63) is 78.1 Å². The van der Waals surface area contributed by atoms with Crippen LogP contribution in [0.1, 0.15) is 11.1 Å². The summed E-state index contributed by atoms with van der Waals surface area (Å²) in [5, 5.41) is 0. The second-order valence-corrected chi connectivity index (χ2v) is 4.77. The highest BCUT2D eigenvalue weighted by atomic mass is 15.1. The molecule has 1 heterocycles. The molecule has 3 heteroatoms. The Balaban J connectivity index is 1.86. The largest absolute Gasteiger partial charge is 0.327 e. The zero-order chi connectivity index (χ0) is 13.8. The summed E-state index contributed by atoms with van der Waals surface area (Å²) >= 11 is 0. The van der Waals surface area contributed by atoms with Crippen molar-refractivity contribution in [2.45, 2.75) is 13.1 Å². The van der Waals surface area contributed by atoms with Gasteiger partial charge >= 0.3 is 0 Å². The third-order valence-corrected chi connectivity index (χ3v) is 3.36. The first-order chi connectivity index (χ1) is 9.86. The number of rotatable bonds is 4. The molecule has 0 fully saturated rings. The van der Waals surface area contributed by atoms with Crippen LogP contribution >= 0.6 is 0 Å². The van der Waals surface area contributed by atoms with Gasteiger partial charge in [0.05, 0.1) is 0 Å². The van der Waals surface area contributed by atoms with Crippen LogP contribution in [-0.4, -0.2) is 9.55 Å². The average Bonchev–Trinajstić information content (AvgIpc) is 2.97. The second-order valence-electron chi connectivity index (χ2n) is 4.77. The summed E-state index contributed by atoms with van der Waals surface area (Å²) in [5.74, 6) is 0.994. The molecule has 0 aliphatic heterocycles. The third-order valence-electron chi connectivity index (χ3n) is 3.36. The maximum Gasteiger partial charge on any atom is 0.140 e. The standard InChI is InChI=1S/C17H17N3/c18-12-14-6-8-15(9-7-14)13-20-11-10-19-17(20)16-4-2-1-3-5-16/h1-11H,12-13,18H2. The first-order valence-electron chi connectivity index (χ1n) is 6.71. The molecule has 0 unspecified atom stereocenters. The summed E-state index contributed by atoms with van der Waals surface area (Å²) in [6, 6.07) is 18.6. The van der Waals surface area contributed by atoms with Crippen LogP contribution in [0.15, 0.2) is 67.0 Å². The van der Waals surface area contributed by atoms with Gasteiger partial charge in [0, 0.05) is 31.0 Å². The molecule has 2 aromatic carbocycles. The highest BCUT2D eigenvalue weighted by Gasteiger charge is 2.05. The summed E-state index contributed by atoms with van der Waals surface area (Å²) in [6.45, 7) is 1.40. The number of hydrogen-bond acceptors (Lipinski definition) is 2. The molecule has 0 aliphatic carbocycles. The van der Waals surface area contributed by atoms with Crippen LogP contribution in [-0.2, 0) is 13.1 Å². The smallest absolute Gasteiger partial charge is 0.140 e. The normalized spacial score (nSPS) is 10.7. The van der Waals surface area contributed by atoms with Crippen molar-refractivity contribution in [1.82, 2.24) is 9.55 Å². The molecule has 3 rings (SSSR count). The molecule has 0 radical (unpaired) electrons. The van der Waals surface area contributed by atoms with E-state index in [2.05, 4.69) is 45.9 Å². The topological polar surface area (TPSA) is 43.8 Å². The molecule has 20 heavy (non-hydrogen) atoms. The van der Waals surface area contributed by atoms with Gasteiger partial charge in [-0.15, -0.1) is 0 Å². The van der Waals surface area contributed by atoms with E-state index in [1.807, 2.05) is 30.6 Å². The van der Waals surface area contributed by atoms with Gasteiger partial charge in [-0.25, -0.2) is 4.98 Å². The van der Waals surface area contributed by atoms with Gasteiger partial charge in [0.1, 0.15) is 5.82 Å². The van der Waals surface area contributed by atoms with Crippen molar-refractivity contribution in [3.8, 4) is 11.4 Å². The zero-order valence-corrected chi connectivity index (χ0v) is 11.2. The first kappa shape index (κ1) is 12.6. The first-order valence-corrected chi connectivity index (χ1v) is 6.71. The third kappa shape index (κ3) is 2.63. The van der Waals surface area contributed by atoms with Crippen LogP contribution in [0.4, 0.5) is 0 Å². The van der Waals surface area contributed by atoms with E-state index < -0.39 is 0 Å². The Morgan fingerprint density at radius 3 is 2.30 bits per heavy atom. The van der Waals surface area contributed by atoms with Gasteiger partial charge in [-0.3, -0.25) is 0 Å². The summed E-state index contributed by atoms with van der Waals surface area (Å²) in [4.78, 5) is 4.46. The number of hydrogen-bond donors (Lipinski definition) is 1. The fraction of sp³-hybridized carbons (Fsp3) is 0.118. The molecule has 2 N–H and O–H groups in total. The lowest BCUT2D eigenvalue weighted by atomic mass is 10.1. The van der Waals surface area contributed by atoms with Gasteiger partial charge in [0.2, 0.25) is 0 Å². The predicted octanol–water partition coefficient (Wildman–Crippen LogP) is 3.06. The molecule has 3 nitrogen and oxygen atoms in total. The van der Waals surface area contributed by atoms with Crippen LogP contribution < -0.4 is 5.73 Å². The summed E-state index contributed by atoms with van der Waals surface area (Å²) in [5.41, 5.74) is 9.16. The highest BCUT2D eigenvalue weighted by molar-refractivity contribution is 5.55. The van der Waals surface area contributed by atoms with Gasteiger partial charge in [0.25, 0.3) is 0 Å². The van der Waals surface area contributed by atoms with Crippen LogP contribution in [0.2, 0.25) is 0 Å². The predicted molar refractivity (Wildman–Crippen MR) is 81.1 cm³/mol. The quantitative estimate of drug-likeness (QED) is 0.786. The molecule has 0 aliphatic rings. The molecule has 3 aromatic rings. The summed E-state index contributed by atoms with van der Waals surface area (Å²) in [7, 11) is 0. The molecule has 0 saturated heterocycles. The molecule has 100 valence electrons. The Labute approximate surface area is 118 Å².